The zero-order chi connectivity index (χ0) is 24.8. The summed E-state index contributed by atoms with van der Waals surface area (Å²) in [5.74, 6) is -0.0460. The van der Waals surface area contributed by atoms with Gasteiger partial charge in [0.1, 0.15) is 0 Å². The average molecular weight is 499 g/mol. The van der Waals surface area contributed by atoms with Gasteiger partial charge in [-0.1, -0.05) is 50.6 Å². The Hall–Kier alpha value is -2.42. The summed E-state index contributed by atoms with van der Waals surface area (Å²) in [4.78, 5) is 18.0. The van der Waals surface area contributed by atoms with Crippen LogP contribution in [-0.2, 0) is 14.8 Å². The molecule has 35 heavy (non-hydrogen) atoms. The van der Waals surface area contributed by atoms with Crippen molar-refractivity contribution >= 4 is 27.3 Å². The predicted molar refractivity (Wildman–Crippen MR) is 141 cm³/mol. The Kier molecular flexibility index (Phi) is 8.46. The zero-order valence-electron chi connectivity index (χ0n) is 20.9. The highest BCUT2D eigenvalue weighted by Crippen LogP contribution is 2.32. The lowest BCUT2D eigenvalue weighted by molar-refractivity contribution is -0.116. The third-order valence-electron chi connectivity index (χ3n) is 7.22. The number of amides is 1. The molecule has 1 N–H and O–H groups in total. The summed E-state index contributed by atoms with van der Waals surface area (Å²) >= 11 is 0. The first kappa shape index (κ1) is 25.7. The summed E-state index contributed by atoms with van der Waals surface area (Å²) in [6.07, 6.45) is 3.17. The lowest BCUT2D eigenvalue weighted by atomic mass is 9.97. The summed E-state index contributed by atoms with van der Waals surface area (Å²) < 4.78 is 28.3. The topological polar surface area (TPSA) is 73.0 Å². The second-order valence-corrected chi connectivity index (χ2v) is 11.6. The van der Waals surface area contributed by atoms with E-state index in [4.69, 9.17) is 0 Å². The van der Waals surface area contributed by atoms with Gasteiger partial charge < -0.3 is 15.1 Å². The maximum atomic E-state index is 13.4. The molecule has 2 aliphatic rings. The number of likely N-dealkylation sites (N-methyl/N-ethyl adjacent to an activating group) is 1. The second-order valence-electron chi connectivity index (χ2n) is 9.63. The van der Waals surface area contributed by atoms with Crippen molar-refractivity contribution in [3.8, 4) is 0 Å². The van der Waals surface area contributed by atoms with Crippen LogP contribution in [0.5, 0.6) is 0 Å². The molecular formula is C27H38N4O3S. The van der Waals surface area contributed by atoms with Crippen molar-refractivity contribution in [2.24, 2.45) is 0 Å². The van der Waals surface area contributed by atoms with Gasteiger partial charge in [0.25, 0.3) is 0 Å². The van der Waals surface area contributed by atoms with E-state index in [0.29, 0.717) is 25.2 Å². The minimum Gasteiger partial charge on any atom is -0.367 e. The second kappa shape index (κ2) is 11.5. The smallest absolute Gasteiger partial charge is 0.243 e. The fourth-order valence-corrected chi connectivity index (χ4v) is 6.53. The first-order valence-electron chi connectivity index (χ1n) is 12.8. The molecule has 2 aromatic carbocycles. The minimum atomic E-state index is -3.59. The Labute approximate surface area is 210 Å². The third kappa shape index (κ3) is 6.23. The Morgan fingerprint density at radius 1 is 0.943 bits per heavy atom. The fourth-order valence-electron chi connectivity index (χ4n) is 4.99. The fraction of sp³-hybridized carbons (Fsp3) is 0.519. The maximum absolute atomic E-state index is 13.4. The molecule has 2 saturated heterocycles. The van der Waals surface area contributed by atoms with Crippen molar-refractivity contribution in [2.75, 3.05) is 56.0 Å². The molecule has 0 aromatic heterocycles. The van der Waals surface area contributed by atoms with Gasteiger partial charge in [-0.25, -0.2) is 8.42 Å². The Balaban J connectivity index is 1.58. The Morgan fingerprint density at radius 2 is 1.63 bits per heavy atom. The van der Waals surface area contributed by atoms with Crippen molar-refractivity contribution < 1.29 is 13.2 Å². The molecule has 2 aromatic rings. The summed E-state index contributed by atoms with van der Waals surface area (Å²) in [6.45, 7) is 9.91. The van der Waals surface area contributed by atoms with Crippen LogP contribution >= 0.6 is 0 Å². The van der Waals surface area contributed by atoms with Gasteiger partial charge in [0.05, 0.1) is 16.3 Å². The molecular weight excluding hydrogens is 460 g/mol. The molecule has 0 aliphatic carbocycles. The molecule has 4 rings (SSSR count). The molecule has 0 bridgehead atoms. The van der Waals surface area contributed by atoms with Crippen molar-refractivity contribution in [3.05, 3.63) is 54.1 Å². The number of nitrogens with zero attached hydrogens (tertiary/aromatic N) is 3. The van der Waals surface area contributed by atoms with Gasteiger partial charge in [-0.05, 0) is 49.1 Å². The first-order valence-corrected chi connectivity index (χ1v) is 14.3. The van der Waals surface area contributed by atoms with Crippen molar-refractivity contribution in [2.45, 2.75) is 50.3 Å². The van der Waals surface area contributed by atoms with Crippen molar-refractivity contribution in [1.82, 2.24) is 9.21 Å². The highest BCUT2D eigenvalue weighted by molar-refractivity contribution is 7.89. The molecule has 8 heteroatoms. The SMILES string of the molecule is CCN1CCN(c2ccc(S(=O)(=O)N3CCCCC3)cc2NC(=O)C[C@@H](C)c2ccccc2)CC1. The number of rotatable bonds is 8. The third-order valence-corrected chi connectivity index (χ3v) is 9.11. The van der Waals surface area contributed by atoms with E-state index in [0.717, 1.165) is 63.2 Å². The zero-order valence-corrected chi connectivity index (χ0v) is 21.8. The molecule has 1 amide bonds. The number of sulfonamides is 1. The Morgan fingerprint density at radius 3 is 2.29 bits per heavy atom. The number of anilines is 2. The van der Waals surface area contributed by atoms with Crippen LogP contribution < -0.4 is 10.2 Å². The summed E-state index contributed by atoms with van der Waals surface area (Å²) in [5.41, 5.74) is 2.58. The Bertz CT molecular complexity index is 1090. The molecule has 7 nitrogen and oxygen atoms in total. The molecule has 0 saturated carbocycles. The van der Waals surface area contributed by atoms with Crippen LogP contribution in [0.1, 0.15) is 51.0 Å². The van der Waals surface area contributed by atoms with E-state index in [1.807, 2.05) is 43.3 Å². The van der Waals surface area contributed by atoms with Crippen LogP contribution in [0.3, 0.4) is 0 Å². The van der Waals surface area contributed by atoms with Crippen LogP contribution in [-0.4, -0.2) is 69.3 Å². The van der Waals surface area contributed by atoms with Crippen molar-refractivity contribution in [3.63, 3.8) is 0 Å². The lowest BCUT2D eigenvalue weighted by Gasteiger charge is -2.36. The number of carbonyl (C=O) groups is 1. The first-order chi connectivity index (χ1) is 16.9. The van der Waals surface area contributed by atoms with Crippen LogP contribution in [0.4, 0.5) is 11.4 Å². The summed E-state index contributed by atoms with van der Waals surface area (Å²) in [5, 5.41) is 3.07. The molecule has 2 aliphatic heterocycles. The molecule has 1 atom stereocenters. The predicted octanol–water partition coefficient (Wildman–Crippen LogP) is 4.14. The van der Waals surface area contributed by atoms with Crippen LogP contribution in [0.15, 0.2) is 53.4 Å². The van der Waals surface area contributed by atoms with E-state index in [-0.39, 0.29) is 16.7 Å². The largest absolute Gasteiger partial charge is 0.367 e. The number of hydrogen-bond acceptors (Lipinski definition) is 5. The van der Waals surface area contributed by atoms with Crippen LogP contribution in [0.25, 0.3) is 0 Å². The number of nitrogens with one attached hydrogen (secondary N) is 1. The minimum absolute atomic E-state index is 0.0630. The molecule has 2 fully saturated rings. The number of hydrogen-bond donors (Lipinski definition) is 1. The van der Waals surface area contributed by atoms with E-state index in [2.05, 4.69) is 22.0 Å². The highest BCUT2D eigenvalue weighted by atomic mass is 32.2. The van der Waals surface area contributed by atoms with E-state index >= 15 is 0 Å². The summed E-state index contributed by atoms with van der Waals surface area (Å²) in [6, 6.07) is 15.2. The van der Waals surface area contributed by atoms with Gasteiger partial charge in [0.15, 0.2) is 0 Å². The number of benzene rings is 2. The van der Waals surface area contributed by atoms with Gasteiger partial charge in [0, 0.05) is 45.7 Å². The lowest BCUT2D eigenvalue weighted by Crippen LogP contribution is -2.46. The van der Waals surface area contributed by atoms with Gasteiger partial charge in [-0.15, -0.1) is 0 Å². The number of piperazine rings is 1. The molecule has 0 spiro atoms. The van der Waals surface area contributed by atoms with Gasteiger partial charge in [0.2, 0.25) is 15.9 Å². The quantitative estimate of drug-likeness (QED) is 0.592. The monoisotopic (exact) mass is 498 g/mol. The number of carbonyl (C=O) groups excluding carboxylic acids is 1. The van der Waals surface area contributed by atoms with Gasteiger partial charge in [-0.3, -0.25) is 4.79 Å². The highest BCUT2D eigenvalue weighted by Gasteiger charge is 2.28. The normalized spacial score (nSPS) is 18.9. The maximum Gasteiger partial charge on any atom is 0.243 e. The summed E-state index contributed by atoms with van der Waals surface area (Å²) in [7, 11) is -3.59. The van der Waals surface area contributed by atoms with Crippen LogP contribution in [0, 0.1) is 0 Å². The molecule has 2 heterocycles. The van der Waals surface area contributed by atoms with Crippen molar-refractivity contribution in [1.29, 1.82) is 0 Å². The molecule has 0 radical (unpaired) electrons. The van der Waals surface area contributed by atoms with E-state index in [9.17, 15) is 13.2 Å². The standard InChI is InChI=1S/C27H38N4O3S/c1-3-29-16-18-30(19-17-29)26-13-12-24(35(33,34)31-14-8-5-9-15-31)21-25(26)28-27(32)20-22(2)23-10-6-4-7-11-23/h4,6-7,10-13,21-22H,3,5,8-9,14-20H2,1-2H3,(H,28,32)/t22-/m1/s1. The van der Waals surface area contributed by atoms with E-state index in [1.165, 1.54) is 0 Å². The molecule has 0 unspecified atom stereocenters. The average Bonchev–Trinajstić information content (AvgIpc) is 2.89. The molecule has 190 valence electrons. The van der Waals surface area contributed by atoms with Gasteiger partial charge >= 0.3 is 0 Å². The van der Waals surface area contributed by atoms with E-state index in [1.54, 1.807) is 16.4 Å². The van der Waals surface area contributed by atoms with Crippen LogP contribution in [0.2, 0.25) is 0 Å². The number of piperidine rings is 1. The van der Waals surface area contributed by atoms with E-state index < -0.39 is 10.0 Å². The van der Waals surface area contributed by atoms with Gasteiger partial charge in [-0.2, -0.15) is 4.31 Å².